The highest BCUT2D eigenvalue weighted by atomic mass is 19.4. The zero-order chi connectivity index (χ0) is 14.5. The number of rotatable bonds is 6. The van der Waals surface area contributed by atoms with Crippen LogP contribution in [-0.4, -0.2) is 37.8 Å². The lowest BCUT2D eigenvalue weighted by Gasteiger charge is -2.23. The minimum atomic E-state index is -4.34. The van der Waals surface area contributed by atoms with Gasteiger partial charge in [0.25, 0.3) is 0 Å². The molecule has 7 heteroatoms. The molecule has 0 aliphatic rings. The van der Waals surface area contributed by atoms with E-state index in [2.05, 4.69) is 0 Å². The molecule has 19 heavy (non-hydrogen) atoms. The van der Waals surface area contributed by atoms with Gasteiger partial charge in [0.1, 0.15) is 11.6 Å². The maximum atomic E-state index is 13.7. The zero-order valence-electron chi connectivity index (χ0n) is 10.5. The lowest BCUT2D eigenvalue weighted by Crippen LogP contribution is -2.37. The lowest BCUT2D eigenvalue weighted by atomic mass is 10.2. The van der Waals surface area contributed by atoms with E-state index in [1.165, 1.54) is 19.2 Å². The van der Waals surface area contributed by atoms with E-state index in [-0.39, 0.29) is 25.2 Å². The number of nitrogens with zero attached hydrogens (tertiary/aromatic N) is 1. The summed E-state index contributed by atoms with van der Waals surface area (Å²) in [5, 5.41) is 0. The highest BCUT2D eigenvalue weighted by molar-refractivity contribution is 5.28. The second kappa shape index (κ2) is 6.72. The van der Waals surface area contributed by atoms with Gasteiger partial charge < -0.3 is 10.5 Å². The number of ether oxygens (including phenoxy) is 1. The molecule has 0 amide bonds. The van der Waals surface area contributed by atoms with Crippen LogP contribution >= 0.6 is 0 Å². The van der Waals surface area contributed by atoms with Crippen molar-refractivity contribution in [2.24, 2.45) is 5.73 Å². The standard InChI is InChI=1S/C12H16F4N2O/c1-19-10-3-2-9(11(13)6-10)7-18(5-4-17)8-12(14,15)16/h2-3,6H,4-5,7-8,17H2,1H3. The molecule has 0 aliphatic heterocycles. The molecule has 0 fully saturated rings. The van der Waals surface area contributed by atoms with Gasteiger partial charge >= 0.3 is 6.18 Å². The Balaban J connectivity index is 2.78. The van der Waals surface area contributed by atoms with E-state index >= 15 is 0 Å². The van der Waals surface area contributed by atoms with E-state index in [9.17, 15) is 17.6 Å². The summed E-state index contributed by atoms with van der Waals surface area (Å²) in [6.07, 6.45) is -4.34. The van der Waals surface area contributed by atoms with Crippen molar-refractivity contribution in [1.82, 2.24) is 4.90 Å². The maximum Gasteiger partial charge on any atom is 0.401 e. The topological polar surface area (TPSA) is 38.5 Å². The van der Waals surface area contributed by atoms with Crippen molar-refractivity contribution >= 4 is 0 Å². The van der Waals surface area contributed by atoms with Crippen molar-refractivity contribution in [3.8, 4) is 5.75 Å². The van der Waals surface area contributed by atoms with Gasteiger partial charge in [0.2, 0.25) is 0 Å². The summed E-state index contributed by atoms with van der Waals surface area (Å²) in [7, 11) is 1.39. The number of benzene rings is 1. The van der Waals surface area contributed by atoms with Crippen LogP contribution < -0.4 is 10.5 Å². The van der Waals surface area contributed by atoms with Crippen LogP contribution in [-0.2, 0) is 6.54 Å². The van der Waals surface area contributed by atoms with Crippen LogP contribution in [0.1, 0.15) is 5.56 Å². The molecule has 0 aliphatic carbocycles. The molecule has 0 atom stereocenters. The molecule has 0 aromatic heterocycles. The largest absolute Gasteiger partial charge is 0.497 e. The number of methoxy groups -OCH3 is 1. The number of hydrogen-bond acceptors (Lipinski definition) is 3. The second-order valence-corrected chi connectivity index (χ2v) is 4.07. The Morgan fingerprint density at radius 1 is 1.32 bits per heavy atom. The Kier molecular flexibility index (Phi) is 5.56. The fourth-order valence-corrected chi connectivity index (χ4v) is 1.67. The smallest absolute Gasteiger partial charge is 0.401 e. The minimum Gasteiger partial charge on any atom is -0.497 e. The van der Waals surface area contributed by atoms with Crippen LogP contribution in [0.4, 0.5) is 17.6 Å². The molecule has 3 nitrogen and oxygen atoms in total. The third-order valence-electron chi connectivity index (χ3n) is 2.50. The van der Waals surface area contributed by atoms with Crippen molar-refractivity contribution in [3.05, 3.63) is 29.6 Å². The fourth-order valence-electron chi connectivity index (χ4n) is 1.67. The molecule has 0 spiro atoms. The molecule has 0 heterocycles. The van der Waals surface area contributed by atoms with E-state index < -0.39 is 18.5 Å². The fraction of sp³-hybridized carbons (Fsp3) is 0.500. The number of hydrogen-bond donors (Lipinski definition) is 1. The van der Waals surface area contributed by atoms with E-state index in [4.69, 9.17) is 10.5 Å². The first-order chi connectivity index (χ1) is 8.85. The third-order valence-corrected chi connectivity index (χ3v) is 2.50. The molecule has 0 saturated heterocycles. The Hall–Kier alpha value is -1.34. The summed E-state index contributed by atoms with van der Waals surface area (Å²) in [5.74, 6) is -0.272. The average Bonchev–Trinajstić information content (AvgIpc) is 2.30. The Morgan fingerprint density at radius 3 is 2.47 bits per heavy atom. The van der Waals surface area contributed by atoms with Gasteiger partial charge in [-0.1, -0.05) is 6.07 Å². The summed E-state index contributed by atoms with van der Waals surface area (Å²) in [4.78, 5) is 1.06. The highest BCUT2D eigenvalue weighted by Crippen LogP contribution is 2.21. The monoisotopic (exact) mass is 280 g/mol. The van der Waals surface area contributed by atoms with E-state index in [1.807, 2.05) is 0 Å². The van der Waals surface area contributed by atoms with Crippen molar-refractivity contribution in [1.29, 1.82) is 0 Å². The van der Waals surface area contributed by atoms with Crippen molar-refractivity contribution in [2.45, 2.75) is 12.7 Å². The van der Waals surface area contributed by atoms with Crippen LogP contribution in [0, 0.1) is 5.82 Å². The SMILES string of the molecule is COc1ccc(CN(CCN)CC(F)(F)F)c(F)c1. The summed E-state index contributed by atoms with van der Waals surface area (Å²) in [6.45, 7) is -1.14. The van der Waals surface area contributed by atoms with Crippen LogP contribution in [0.5, 0.6) is 5.75 Å². The molecule has 2 N–H and O–H groups in total. The highest BCUT2D eigenvalue weighted by Gasteiger charge is 2.30. The molecule has 0 saturated carbocycles. The molecule has 1 aromatic carbocycles. The van der Waals surface area contributed by atoms with E-state index in [1.54, 1.807) is 0 Å². The van der Waals surface area contributed by atoms with Gasteiger partial charge in [-0.2, -0.15) is 13.2 Å². The molecule has 1 rings (SSSR count). The number of alkyl halides is 3. The normalized spacial score (nSPS) is 11.9. The first-order valence-corrected chi connectivity index (χ1v) is 5.67. The quantitative estimate of drug-likeness (QED) is 0.812. The summed E-state index contributed by atoms with van der Waals surface area (Å²) in [5.41, 5.74) is 5.44. The maximum absolute atomic E-state index is 13.7. The van der Waals surface area contributed by atoms with Crippen molar-refractivity contribution in [3.63, 3.8) is 0 Å². The lowest BCUT2D eigenvalue weighted by molar-refractivity contribution is -0.146. The molecular weight excluding hydrogens is 264 g/mol. The zero-order valence-corrected chi connectivity index (χ0v) is 10.5. The van der Waals surface area contributed by atoms with Gasteiger partial charge in [-0.25, -0.2) is 4.39 Å². The van der Waals surface area contributed by atoms with E-state index in [0.29, 0.717) is 5.75 Å². The minimum absolute atomic E-state index is 0.0466. The molecule has 108 valence electrons. The van der Waals surface area contributed by atoms with Gasteiger partial charge in [-0.3, -0.25) is 4.90 Å². The van der Waals surface area contributed by atoms with E-state index in [0.717, 1.165) is 11.0 Å². The van der Waals surface area contributed by atoms with Crippen molar-refractivity contribution in [2.75, 3.05) is 26.7 Å². The van der Waals surface area contributed by atoms with Gasteiger partial charge in [-0.15, -0.1) is 0 Å². The molecule has 1 aromatic rings. The second-order valence-electron chi connectivity index (χ2n) is 4.07. The summed E-state index contributed by atoms with van der Waals surface area (Å²) in [6, 6.07) is 4.06. The Bertz CT molecular complexity index is 409. The van der Waals surface area contributed by atoms with Gasteiger partial charge in [-0.05, 0) is 6.07 Å². The Labute approximate surface area is 108 Å². The van der Waals surface area contributed by atoms with Crippen LogP contribution in [0.25, 0.3) is 0 Å². The Morgan fingerprint density at radius 2 is 2.00 bits per heavy atom. The van der Waals surface area contributed by atoms with Crippen LogP contribution in [0.3, 0.4) is 0 Å². The molecule has 0 radical (unpaired) electrons. The average molecular weight is 280 g/mol. The molecular formula is C12H16F4N2O. The summed E-state index contributed by atoms with van der Waals surface area (Å²) < 4.78 is 55.5. The predicted octanol–water partition coefficient (Wildman–Crippen LogP) is 2.16. The van der Waals surface area contributed by atoms with Gasteiger partial charge in [0.15, 0.2) is 0 Å². The molecule has 0 unspecified atom stereocenters. The third kappa shape index (κ3) is 5.44. The predicted molar refractivity (Wildman–Crippen MR) is 63.3 cm³/mol. The number of halogens is 4. The van der Waals surface area contributed by atoms with Crippen LogP contribution in [0.2, 0.25) is 0 Å². The molecule has 0 bridgehead atoms. The first-order valence-electron chi connectivity index (χ1n) is 5.67. The van der Waals surface area contributed by atoms with Crippen LogP contribution in [0.15, 0.2) is 18.2 Å². The summed E-state index contributed by atoms with van der Waals surface area (Å²) >= 11 is 0. The first kappa shape index (κ1) is 15.7. The van der Waals surface area contributed by atoms with Crippen molar-refractivity contribution < 1.29 is 22.3 Å². The van der Waals surface area contributed by atoms with Gasteiger partial charge in [0, 0.05) is 31.3 Å². The van der Waals surface area contributed by atoms with Gasteiger partial charge in [0.05, 0.1) is 13.7 Å². The number of nitrogens with two attached hydrogens (primary N) is 1.